The van der Waals surface area contributed by atoms with E-state index in [0.29, 0.717) is 11.3 Å². The van der Waals surface area contributed by atoms with Crippen molar-refractivity contribution in [3.63, 3.8) is 0 Å². The standard InChI is InChI=1S/C13H18ClN3OS/c1-8(18)7-9-3-2-5-17(9)12-11-10(4-6-19-11)15-13(14)16-12/h8-9,18H,2-7H2,1H3. The molecule has 1 aromatic rings. The molecule has 1 saturated heterocycles. The van der Waals surface area contributed by atoms with Crippen molar-refractivity contribution in [1.29, 1.82) is 0 Å². The largest absolute Gasteiger partial charge is 0.393 e. The zero-order valence-corrected chi connectivity index (χ0v) is 12.5. The van der Waals surface area contributed by atoms with Crippen LogP contribution in [0.5, 0.6) is 0 Å². The Balaban J connectivity index is 1.93. The van der Waals surface area contributed by atoms with E-state index >= 15 is 0 Å². The van der Waals surface area contributed by atoms with Crippen LogP contribution in [0.25, 0.3) is 0 Å². The van der Waals surface area contributed by atoms with Gasteiger partial charge in [0.15, 0.2) is 0 Å². The highest BCUT2D eigenvalue weighted by molar-refractivity contribution is 7.99. The van der Waals surface area contributed by atoms with Gasteiger partial charge in [0.25, 0.3) is 0 Å². The first-order valence-corrected chi connectivity index (χ1v) is 8.15. The Morgan fingerprint density at radius 2 is 2.37 bits per heavy atom. The van der Waals surface area contributed by atoms with Gasteiger partial charge in [-0.05, 0) is 37.8 Å². The third kappa shape index (κ3) is 2.69. The third-order valence-corrected chi connectivity index (χ3v) is 5.02. The number of aliphatic hydroxyl groups excluding tert-OH is 1. The Morgan fingerprint density at radius 1 is 1.53 bits per heavy atom. The summed E-state index contributed by atoms with van der Waals surface area (Å²) in [5, 5.41) is 9.98. The molecular weight excluding hydrogens is 282 g/mol. The van der Waals surface area contributed by atoms with E-state index in [0.717, 1.165) is 49.5 Å². The molecule has 0 saturated carbocycles. The molecule has 0 aromatic carbocycles. The summed E-state index contributed by atoms with van der Waals surface area (Å²) in [6.07, 6.45) is 3.76. The van der Waals surface area contributed by atoms with Gasteiger partial charge in [0.2, 0.25) is 5.28 Å². The number of nitrogens with zero attached hydrogens (tertiary/aromatic N) is 3. The number of hydrogen-bond donors (Lipinski definition) is 1. The fourth-order valence-corrected chi connectivity index (χ4v) is 4.26. The summed E-state index contributed by atoms with van der Waals surface area (Å²) in [6.45, 7) is 2.85. The van der Waals surface area contributed by atoms with Gasteiger partial charge in [-0.15, -0.1) is 11.8 Å². The first kappa shape index (κ1) is 13.5. The van der Waals surface area contributed by atoms with Crippen molar-refractivity contribution in [1.82, 2.24) is 9.97 Å². The molecule has 4 nitrogen and oxygen atoms in total. The lowest BCUT2D eigenvalue weighted by atomic mass is 10.1. The molecule has 1 fully saturated rings. The number of anilines is 1. The van der Waals surface area contributed by atoms with Gasteiger partial charge in [0, 0.05) is 24.8 Å². The predicted octanol–water partition coefficient (Wildman–Crippen LogP) is 2.52. The highest BCUT2D eigenvalue weighted by atomic mass is 35.5. The average molecular weight is 300 g/mol. The molecule has 19 heavy (non-hydrogen) atoms. The summed E-state index contributed by atoms with van der Waals surface area (Å²) in [4.78, 5) is 12.3. The summed E-state index contributed by atoms with van der Waals surface area (Å²) < 4.78 is 0. The number of aryl methyl sites for hydroxylation is 1. The van der Waals surface area contributed by atoms with Crippen molar-refractivity contribution in [3.05, 3.63) is 11.0 Å². The minimum Gasteiger partial charge on any atom is -0.393 e. The number of aliphatic hydroxyl groups is 1. The van der Waals surface area contributed by atoms with Crippen molar-refractivity contribution >= 4 is 29.2 Å². The van der Waals surface area contributed by atoms with Crippen LogP contribution >= 0.6 is 23.4 Å². The topological polar surface area (TPSA) is 49.2 Å². The second kappa shape index (κ2) is 5.46. The summed E-state index contributed by atoms with van der Waals surface area (Å²) in [5.41, 5.74) is 1.09. The van der Waals surface area contributed by atoms with Gasteiger partial charge in [-0.3, -0.25) is 0 Å². The van der Waals surface area contributed by atoms with Crippen LogP contribution in [0.2, 0.25) is 5.28 Å². The molecule has 6 heteroatoms. The van der Waals surface area contributed by atoms with Crippen LogP contribution in [0.1, 0.15) is 31.9 Å². The lowest BCUT2D eigenvalue weighted by molar-refractivity contribution is 0.175. The lowest BCUT2D eigenvalue weighted by Crippen LogP contribution is -2.33. The van der Waals surface area contributed by atoms with Crippen molar-refractivity contribution in [3.8, 4) is 0 Å². The van der Waals surface area contributed by atoms with Gasteiger partial charge in [0.1, 0.15) is 5.82 Å². The maximum absolute atomic E-state index is 9.63. The van der Waals surface area contributed by atoms with Crippen LogP contribution in [0.15, 0.2) is 4.90 Å². The zero-order chi connectivity index (χ0) is 13.4. The maximum Gasteiger partial charge on any atom is 0.224 e. The molecule has 0 amide bonds. The third-order valence-electron chi connectivity index (χ3n) is 3.74. The highest BCUT2D eigenvalue weighted by Crippen LogP contribution is 2.40. The van der Waals surface area contributed by atoms with Crippen molar-refractivity contribution in [2.24, 2.45) is 0 Å². The zero-order valence-electron chi connectivity index (χ0n) is 11.0. The molecular formula is C13H18ClN3OS. The Labute approximate surface area is 122 Å². The van der Waals surface area contributed by atoms with Gasteiger partial charge >= 0.3 is 0 Å². The Hall–Kier alpha value is -0.520. The quantitative estimate of drug-likeness (QED) is 0.869. The molecule has 1 aromatic heterocycles. The first-order valence-electron chi connectivity index (χ1n) is 6.79. The van der Waals surface area contributed by atoms with Gasteiger partial charge in [-0.1, -0.05) is 0 Å². The summed E-state index contributed by atoms with van der Waals surface area (Å²) in [5.74, 6) is 2.05. The van der Waals surface area contributed by atoms with Crippen LogP contribution in [0, 0.1) is 0 Å². The number of fused-ring (bicyclic) bond motifs is 1. The molecule has 1 N–H and O–H groups in total. The summed E-state index contributed by atoms with van der Waals surface area (Å²) in [6, 6.07) is 0.372. The molecule has 2 unspecified atom stereocenters. The molecule has 0 bridgehead atoms. The van der Waals surface area contributed by atoms with Crippen LogP contribution in [-0.2, 0) is 6.42 Å². The Bertz CT molecular complexity index is 483. The number of aromatic nitrogens is 2. The van der Waals surface area contributed by atoms with E-state index in [1.54, 1.807) is 0 Å². The number of thioether (sulfide) groups is 1. The van der Waals surface area contributed by atoms with Crippen LogP contribution in [0.3, 0.4) is 0 Å². The van der Waals surface area contributed by atoms with Crippen LogP contribution < -0.4 is 4.90 Å². The summed E-state index contributed by atoms with van der Waals surface area (Å²) >= 11 is 7.88. The van der Waals surface area contributed by atoms with Crippen LogP contribution in [-0.4, -0.2) is 39.5 Å². The normalized spacial score (nSPS) is 23.7. The van der Waals surface area contributed by atoms with E-state index in [1.807, 2.05) is 18.7 Å². The van der Waals surface area contributed by atoms with Gasteiger partial charge in [-0.25, -0.2) is 4.98 Å². The van der Waals surface area contributed by atoms with Crippen molar-refractivity contribution in [2.75, 3.05) is 17.2 Å². The maximum atomic E-state index is 9.63. The van der Waals surface area contributed by atoms with E-state index in [-0.39, 0.29) is 6.10 Å². The number of halogens is 1. The smallest absolute Gasteiger partial charge is 0.224 e. The van der Waals surface area contributed by atoms with E-state index in [4.69, 9.17) is 11.6 Å². The van der Waals surface area contributed by atoms with Crippen molar-refractivity contribution < 1.29 is 5.11 Å². The number of rotatable bonds is 3. The molecule has 3 rings (SSSR count). The van der Waals surface area contributed by atoms with Gasteiger partial charge in [-0.2, -0.15) is 4.98 Å². The predicted molar refractivity (Wildman–Crippen MR) is 78.1 cm³/mol. The Kier molecular flexibility index (Phi) is 3.87. The van der Waals surface area contributed by atoms with Gasteiger partial charge in [0.05, 0.1) is 16.7 Å². The van der Waals surface area contributed by atoms with E-state index < -0.39 is 0 Å². The minimum absolute atomic E-state index is 0.274. The van der Waals surface area contributed by atoms with Crippen LogP contribution in [0.4, 0.5) is 5.82 Å². The lowest BCUT2D eigenvalue weighted by Gasteiger charge is -2.28. The molecule has 3 heterocycles. The fourth-order valence-electron chi connectivity index (χ4n) is 2.97. The molecule has 0 spiro atoms. The monoisotopic (exact) mass is 299 g/mol. The molecule has 2 atom stereocenters. The fraction of sp³-hybridized carbons (Fsp3) is 0.692. The van der Waals surface area contributed by atoms with Gasteiger partial charge < -0.3 is 10.0 Å². The molecule has 2 aliphatic rings. The van der Waals surface area contributed by atoms with E-state index in [1.165, 1.54) is 4.90 Å². The van der Waals surface area contributed by atoms with E-state index in [9.17, 15) is 5.11 Å². The molecule has 0 aliphatic carbocycles. The minimum atomic E-state index is -0.274. The second-order valence-corrected chi connectivity index (χ2v) is 6.71. The van der Waals surface area contributed by atoms with E-state index in [2.05, 4.69) is 14.9 Å². The number of hydrogen-bond acceptors (Lipinski definition) is 5. The molecule has 104 valence electrons. The summed E-state index contributed by atoms with van der Waals surface area (Å²) in [7, 11) is 0. The average Bonchev–Trinajstić information content (AvgIpc) is 2.95. The molecule has 0 radical (unpaired) electrons. The Morgan fingerprint density at radius 3 is 3.16 bits per heavy atom. The first-order chi connectivity index (χ1) is 9.15. The molecule has 2 aliphatic heterocycles. The highest BCUT2D eigenvalue weighted by Gasteiger charge is 2.31. The van der Waals surface area contributed by atoms with Crippen molar-refractivity contribution in [2.45, 2.75) is 49.6 Å². The second-order valence-electron chi connectivity index (χ2n) is 5.26. The SMILES string of the molecule is CC(O)CC1CCCN1c1nc(Cl)nc2c1SCC2.